The van der Waals surface area contributed by atoms with Gasteiger partial charge < -0.3 is 15.2 Å². The zero-order chi connectivity index (χ0) is 14.9. The Morgan fingerprint density at radius 3 is 3.00 bits per heavy atom. The fourth-order valence-electron chi connectivity index (χ4n) is 1.94. The number of rotatable bonds is 8. The number of imidazole rings is 1. The molecule has 21 heavy (non-hydrogen) atoms. The van der Waals surface area contributed by atoms with Crippen molar-refractivity contribution in [2.75, 3.05) is 18.4 Å². The van der Waals surface area contributed by atoms with Crippen LogP contribution in [0.4, 0.5) is 10.1 Å². The van der Waals surface area contributed by atoms with Gasteiger partial charge in [-0.2, -0.15) is 0 Å². The van der Waals surface area contributed by atoms with E-state index in [9.17, 15) is 9.18 Å². The van der Waals surface area contributed by atoms with Gasteiger partial charge in [-0.05, 0) is 37.6 Å². The molecule has 0 atom stereocenters. The highest BCUT2D eigenvalue weighted by Gasteiger charge is 2.02. The van der Waals surface area contributed by atoms with Crippen LogP contribution in [0.1, 0.15) is 12.8 Å². The number of halogens is 1. The van der Waals surface area contributed by atoms with E-state index < -0.39 is 0 Å². The zero-order valence-electron chi connectivity index (χ0n) is 11.8. The predicted octanol–water partition coefficient (Wildman–Crippen LogP) is 2.03. The lowest BCUT2D eigenvalue weighted by Gasteiger charge is -2.07. The maximum atomic E-state index is 13.0. The highest BCUT2D eigenvalue weighted by atomic mass is 19.1. The lowest BCUT2D eigenvalue weighted by atomic mass is 10.3. The fourth-order valence-corrected chi connectivity index (χ4v) is 1.94. The number of hydrogen-bond acceptors (Lipinski definition) is 3. The van der Waals surface area contributed by atoms with Crippen LogP contribution in [0.5, 0.6) is 0 Å². The first kappa shape index (κ1) is 15.2. The summed E-state index contributed by atoms with van der Waals surface area (Å²) in [7, 11) is 0. The first-order chi connectivity index (χ1) is 10.2. The molecule has 0 spiro atoms. The predicted molar refractivity (Wildman–Crippen MR) is 79.4 cm³/mol. The van der Waals surface area contributed by atoms with Crippen molar-refractivity contribution in [3.05, 3.63) is 48.8 Å². The number of anilines is 1. The number of nitrogens with zero attached hydrogens (tertiary/aromatic N) is 2. The van der Waals surface area contributed by atoms with Crippen molar-refractivity contribution < 1.29 is 9.18 Å². The van der Waals surface area contributed by atoms with Gasteiger partial charge in [-0.1, -0.05) is 6.07 Å². The molecule has 0 radical (unpaired) electrons. The average molecular weight is 290 g/mol. The number of unbranched alkanes of at least 4 members (excludes halogenated alkanes) is 1. The zero-order valence-corrected chi connectivity index (χ0v) is 11.8. The Labute approximate surface area is 123 Å². The molecule has 2 aromatic rings. The molecule has 0 aliphatic carbocycles. The van der Waals surface area contributed by atoms with Gasteiger partial charge in [-0.25, -0.2) is 9.37 Å². The Balaban J connectivity index is 1.55. The van der Waals surface area contributed by atoms with Crippen molar-refractivity contribution in [2.24, 2.45) is 0 Å². The van der Waals surface area contributed by atoms with Crippen molar-refractivity contribution >= 4 is 11.6 Å². The summed E-state index contributed by atoms with van der Waals surface area (Å²) in [6.45, 7) is 1.92. The lowest BCUT2D eigenvalue weighted by molar-refractivity contribution is -0.115. The van der Waals surface area contributed by atoms with Crippen LogP contribution < -0.4 is 10.6 Å². The van der Waals surface area contributed by atoms with Gasteiger partial charge >= 0.3 is 0 Å². The van der Waals surface area contributed by atoms with Gasteiger partial charge in [0, 0.05) is 24.6 Å². The van der Waals surface area contributed by atoms with E-state index in [1.807, 2.05) is 10.8 Å². The molecule has 0 aliphatic heterocycles. The fraction of sp³-hybridized carbons (Fsp3) is 0.333. The van der Waals surface area contributed by atoms with Crippen molar-refractivity contribution in [1.82, 2.24) is 14.9 Å². The Bertz CT molecular complexity index is 557. The molecular formula is C15H19FN4O. The summed E-state index contributed by atoms with van der Waals surface area (Å²) in [6, 6.07) is 5.86. The number of amides is 1. The van der Waals surface area contributed by atoms with E-state index in [4.69, 9.17) is 0 Å². The van der Waals surface area contributed by atoms with E-state index in [2.05, 4.69) is 15.6 Å². The van der Waals surface area contributed by atoms with Crippen LogP contribution in [-0.4, -0.2) is 28.5 Å². The third-order valence-electron chi connectivity index (χ3n) is 2.97. The maximum absolute atomic E-state index is 13.0. The molecule has 1 heterocycles. The molecule has 0 aliphatic rings. The van der Waals surface area contributed by atoms with E-state index in [1.54, 1.807) is 24.7 Å². The van der Waals surface area contributed by atoms with Gasteiger partial charge in [0.1, 0.15) is 5.82 Å². The molecule has 1 amide bonds. The molecule has 6 heteroatoms. The SMILES string of the molecule is O=C(CNCCCCn1ccnc1)Nc1cccc(F)c1. The van der Waals surface area contributed by atoms with E-state index in [-0.39, 0.29) is 18.3 Å². The summed E-state index contributed by atoms with van der Waals surface area (Å²) in [6.07, 6.45) is 7.48. The molecule has 0 saturated carbocycles. The molecule has 0 fully saturated rings. The molecule has 2 N–H and O–H groups in total. The maximum Gasteiger partial charge on any atom is 0.238 e. The molecule has 0 unspecified atom stereocenters. The first-order valence-electron chi connectivity index (χ1n) is 6.96. The van der Waals surface area contributed by atoms with Crippen LogP contribution in [-0.2, 0) is 11.3 Å². The van der Waals surface area contributed by atoms with Gasteiger partial charge in [0.05, 0.1) is 12.9 Å². The lowest BCUT2D eigenvalue weighted by Crippen LogP contribution is -2.28. The van der Waals surface area contributed by atoms with Crippen molar-refractivity contribution in [3.63, 3.8) is 0 Å². The molecule has 0 saturated heterocycles. The minimum absolute atomic E-state index is 0.171. The second-order valence-corrected chi connectivity index (χ2v) is 4.74. The van der Waals surface area contributed by atoms with E-state index in [0.29, 0.717) is 5.69 Å². The monoisotopic (exact) mass is 290 g/mol. The second-order valence-electron chi connectivity index (χ2n) is 4.74. The molecule has 5 nitrogen and oxygen atoms in total. The summed E-state index contributed by atoms with van der Waals surface area (Å²) in [4.78, 5) is 15.6. The second kappa shape index (κ2) is 8.16. The van der Waals surface area contributed by atoms with Crippen LogP contribution in [0.2, 0.25) is 0 Å². The van der Waals surface area contributed by atoms with Crippen LogP contribution in [0.3, 0.4) is 0 Å². The number of nitrogens with one attached hydrogen (secondary N) is 2. The molecule has 0 bridgehead atoms. The standard InChI is InChI=1S/C15H19FN4O/c16-13-4-3-5-14(10-13)19-15(21)11-17-6-1-2-8-20-9-7-18-12-20/h3-5,7,9-10,12,17H,1-2,6,8,11H2,(H,19,21). The average Bonchev–Trinajstić information content (AvgIpc) is 2.96. The van der Waals surface area contributed by atoms with Crippen molar-refractivity contribution in [2.45, 2.75) is 19.4 Å². The first-order valence-corrected chi connectivity index (χ1v) is 6.96. The smallest absolute Gasteiger partial charge is 0.238 e. The third kappa shape index (κ3) is 5.74. The minimum atomic E-state index is -0.361. The van der Waals surface area contributed by atoms with E-state index in [0.717, 1.165) is 25.9 Å². The summed E-state index contributed by atoms with van der Waals surface area (Å²) >= 11 is 0. The molecule has 2 rings (SSSR count). The summed E-state index contributed by atoms with van der Waals surface area (Å²) in [5, 5.41) is 5.71. The summed E-state index contributed by atoms with van der Waals surface area (Å²) in [5.41, 5.74) is 0.474. The van der Waals surface area contributed by atoms with Crippen LogP contribution in [0.25, 0.3) is 0 Å². The molecular weight excluding hydrogens is 271 g/mol. The summed E-state index contributed by atoms with van der Waals surface area (Å²) in [5.74, 6) is -0.532. The number of benzene rings is 1. The number of aryl methyl sites for hydroxylation is 1. The van der Waals surface area contributed by atoms with E-state index >= 15 is 0 Å². The normalized spacial score (nSPS) is 10.5. The van der Waals surface area contributed by atoms with Gasteiger partial charge in [0.2, 0.25) is 5.91 Å². The van der Waals surface area contributed by atoms with Crippen molar-refractivity contribution in [3.8, 4) is 0 Å². The van der Waals surface area contributed by atoms with Gasteiger partial charge in [0.25, 0.3) is 0 Å². The highest BCUT2D eigenvalue weighted by molar-refractivity contribution is 5.92. The molecule has 1 aromatic carbocycles. The number of aromatic nitrogens is 2. The van der Waals surface area contributed by atoms with Gasteiger partial charge in [-0.3, -0.25) is 4.79 Å². The van der Waals surface area contributed by atoms with Crippen LogP contribution in [0, 0.1) is 5.82 Å². The van der Waals surface area contributed by atoms with Crippen LogP contribution >= 0.6 is 0 Å². The summed E-state index contributed by atoms with van der Waals surface area (Å²) < 4.78 is 15.0. The number of carbonyl (C=O) groups excluding carboxylic acids is 1. The Hall–Kier alpha value is -2.21. The van der Waals surface area contributed by atoms with Gasteiger partial charge in [0.15, 0.2) is 0 Å². The largest absolute Gasteiger partial charge is 0.337 e. The minimum Gasteiger partial charge on any atom is -0.337 e. The number of hydrogen-bond donors (Lipinski definition) is 2. The molecule has 112 valence electrons. The van der Waals surface area contributed by atoms with Gasteiger partial charge in [-0.15, -0.1) is 0 Å². The van der Waals surface area contributed by atoms with Crippen molar-refractivity contribution in [1.29, 1.82) is 0 Å². The Morgan fingerprint density at radius 1 is 1.33 bits per heavy atom. The Morgan fingerprint density at radius 2 is 2.24 bits per heavy atom. The molecule has 1 aromatic heterocycles. The third-order valence-corrected chi connectivity index (χ3v) is 2.97. The number of carbonyl (C=O) groups is 1. The highest BCUT2D eigenvalue weighted by Crippen LogP contribution is 2.08. The quantitative estimate of drug-likeness (QED) is 0.731. The van der Waals surface area contributed by atoms with E-state index in [1.165, 1.54) is 12.1 Å². The topological polar surface area (TPSA) is 59.0 Å². The Kier molecular flexibility index (Phi) is 5.90. The van der Waals surface area contributed by atoms with Crippen LogP contribution in [0.15, 0.2) is 43.0 Å².